The summed E-state index contributed by atoms with van der Waals surface area (Å²) >= 11 is 7.37. The molecule has 0 aliphatic rings. The van der Waals surface area contributed by atoms with E-state index in [4.69, 9.17) is 16.9 Å². The molecule has 2 aromatic heterocycles. The van der Waals surface area contributed by atoms with Gasteiger partial charge >= 0.3 is 0 Å². The monoisotopic (exact) mass is 327 g/mol. The molecule has 0 bridgehead atoms. The summed E-state index contributed by atoms with van der Waals surface area (Å²) in [6.45, 7) is 0.490. The molecule has 22 heavy (non-hydrogen) atoms. The van der Waals surface area contributed by atoms with Crippen LogP contribution in [0.15, 0.2) is 42.5 Å². The van der Waals surface area contributed by atoms with Crippen molar-refractivity contribution >= 4 is 28.8 Å². The average Bonchev–Trinajstić information content (AvgIpc) is 3.04. The third kappa shape index (κ3) is 3.22. The zero-order valence-corrected chi connectivity index (χ0v) is 12.9. The van der Waals surface area contributed by atoms with Crippen molar-refractivity contribution in [1.29, 1.82) is 5.26 Å². The first-order valence-corrected chi connectivity index (χ1v) is 7.64. The van der Waals surface area contributed by atoms with Crippen molar-refractivity contribution in [3.63, 3.8) is 0 Å². The standard InChI is InChI=1S/C15H10ClN5S/c16-11-6-7-13(19-12(11)8-17)18-9-14-20-21-15(22-14)10-4-2-1-3-5-10/h1-7H,9H2,(H,18,19). The number of nitrogens with zero attached hydrogens (tertiary/aromatic N) is 4. The SMILES string of the molecule is N#Cc1nc(NCc2nnc(-c3ccccc3)s2)ccc1Cl. The predicted molar refractivity (Wildman–Crippen MR) is 86.6 cm³/mol. The van der Waals surface area contributed by atoms with Crippen molar-refractivity contribution in [2.75, 3.05) is 5.32 Å². The van der Waals surface area contributed by atoms with E-state index in [2.05, 4.69) is 20.5 Å². The van der Waals surface area contributed by atoms with Crippen LogP contribution in [0, 0.1) is 11.3 Å². The van der Waals surface area contributed by atoms with Gasteiger partial charge in [0.2, 0.25) is 0 Å². The van der Waals surface area contributed by atoms with Crippen molar-refractivity contribution in [3.05, 3.63) is 58.2 Å². The van der Waals surface area contributed by atoms with Gasteiger partial charge < -0.3 is 5.32 Å². The summed E-state index contributed by atoms with van der Waals surface area (Å²) in [7, 11) is 0. The maximum atomic E-state index is 8.91. The minimum atomic E-state index is 0.203. The molecule has 0 aliphatic heterocycles. The van der Waals surface area contributed by atoms with Crippen molar-refractivity contribution in [3.8, 4) is 16.6 Å². The zero-order valence-electron chi connectivity index (χ0n) is 11.3. The van der Waals surface area contributed by atoms with Gasteiger partial charge in [0.05, 0.1) is 11.6 Å². The summed E-state index contributed by atoms with van der Waals surface area (Å²) in [6.07, 6.45) is 0. The molecule has 108 valence electrons. The normalized spacial score (nSPS) is 10.2. The fourth-order valence-electron chi connectivity index (χ4n) is 1.81. The Morgan fingerprint density at radius 3 is 2.73 bits per heavy atom. The predicted octanol–water partition coefficient (Wildman–Crippen LogP) is 3.74. The number of hydrogen-bond donors (Lipinski definition) is 1. The Morgan fingerprint density at radius 2 is 1.95 bits per heavy atom. The number of pyridine rings is 1. The fourth-order valence-corrected chi connectivity index (χ4v) is 2.74. The number of rotatable bonds is 4. The van der Waals surface area contributed by atoms with Crippen LogP contribution in [0.5, 0.6) is 0 Å². The quantitative estimate of drug-likeness (QED) is 0.790. The largest absolute Gasteiger partial charge is 0.363 e. The van der Waals surface area contributed by atoms with Gasteiger partial charge in [0.15, 0.2) is 5.69 Å². The molecule has 1 N–H and O–H groups in total. The Kier molecular flexibility index (Phi) is 4.28. The minimum absolute atomic E-state index is 0.203. The van der Waals surface area contributed by atoms with Gasteiger partial charge in [0.25, 0.3) is 0 Å². The smallest absolute Gasteiger partial charge is 0.161 e. The van der Waals surface area contributed by atoms with E-state index in [0.29, 0.717) is 17.4 Å². The van der Waals surface area contributed by atoms with E-state index < -0.39 is 0 Å². The van der Waals surface area contributed by atoms with Crippen molar-refractivity contribution < 1.29 is 0 Å². The fraction of sp³-hybridized carbons (Fsp3) is 0.0667. The Bertz CT molecular complexity index is 825. The second-order valence-corrected chi connectivity index (χ2v) is 5.83. The highest BCUT2D eigenvalue weighted by Crippen LogP contribution is 2.23. The van der Waals surface area contributed by atoms with E-state index in [1.165, 1.54) is 11.3 Å². The number of aromatic nitrogens is 3. The molecule has 0 atom stereocenters. The third-order valence-corrected chi connectivity index (χ3v) is 4.14. The molecule has 5 nitrogen and oxygen atoms in total. The van der Waals surface area contributed by atoms with Crippen molar-refractivity contribution in [2.24, 2.45) is 0 Å². The summed E-state index contributed by atoms with van der Waals surface area (Å²) in [5.74, 6) is 0.581. The van der Waals surface area contributed by atoms with Gasteiger partial charge in [-0.3, -0.25) is 0 Å². The number of nitrogens with one attached hydrogen (secondary N) is 1. The number of hydrogen-bond acceptors (Lipinski definition) is 6. The van der Waals surface area contributed by atoms with E-state index >= 15 is 0 Å². The molecule has 0 spiro atoms. The van der Waals surface area contributed by atoms with Crippen LogP contribution >= 0.6 is 22.9 Å². The molecule has 0 aliphatic carbocycles. The average molecular weight is 328 g/mol. The Hall–Kier alpha value is -2.49. The lowest BCUT2D eigenvalue weighted by Crippen LogP contribution is -2.02. The van der Waals surface area contributed by atoms with Crippen LogP contribution in [0.25, 0.3) is 10.6 Å². The van der Waals surface area contributed by atoms with Gasteiger partial charge in [-0.25, -0.2) is 4.98 Å². The van der Waals surface area contributed by atoms with E-state index in [1.807, 2.05) is 36.4 Å². The molecule has 0 saturated carbocycles. The lowest BCUT2D eigenvalue weighted by molar-refractivity contribution is 0.984. The van der Waals surface area contributed by atoms with Crippen LogP contribution in [-0.4, -0.2) is 15.2 Å². The van der Waals surface area contributed by atoms with Crippen LogP contribution in [0.1, 0.15) is 10.7 Å². The second-order valence-electron chi connectivity index (χ2n) is 4.36. The first-order chi connectivity index (χ1) is 10.8. The van der Waals surface area contributed by atoms with Crippen LogP contribution in [-0.2, 0) is 6.54 Å². The van der Waals surface area contributed by atoms with Gasteiger partial charge in [-0.15, -0.1) is 10.2 Å². The third-order valence-electron chi connectivity index (χ3n) is 2.86. The number of nitriles is 1. The molecular formula is C15H10ClN5S. The highest BCUT2D eigenvalue weighted by atomic mass is 35.5. The van der Waals surface area contributed by atoms with Crippen LogP contribution in [0.3, 0.4) is 0 Å². The Labute approximate surface area is 136 Å². The van der Waals surface area contributed by atoms with E-state index in [-0.39, 0.29) is 5.69 Å². The van der Waals surface area contributed by atoms with Gasteiger partial charge in [0.1, 0.15) is 21.9 Å². The van der Waals surface area contributed by atoms with Gasteiger partial charge in [-0.1, -0.05) is 53.3 Å². The molecule has 0 unspecified atom stereocenters. The lowest BCUT2D eigenvalue weighted by Gasteiger charge is -2.03. The lowest BCUT2D eigenvalue weighted by atomic mass is 10.2. The molecule has 0 amide bonds. The molecule has 0 saturated heterocycles. The molecule has 1 aromatic carbocycles. The van der Waals surface area contributed by atoms with Gasteiger partial charge in [0, 0.05) is 5.56 Å². The zero-order chi connectivity index (χ0) is 15.4. The maximum Gasteiger partial charge on any atom is 0.161 e. The maximum absolute atomic E-state index is 8.91. The van der Waals surface area contributed by atoms with E-state index in [0.717, 1.165) is 15.6 Å². The molecule has 7 heteroatoms. The molecule has 3 rings (SSSR count). The first kappa shape index (κ1) is 14.4. The van der Waals surface area contributed by atoms with E-state index in [9.17, 15) is 0 Å². The Morgan fingerprint density at radius 1 is 1.14 bits per heavy atom. The van der Waals surface area contributed by atoms with E-state index in [1.54, 1.807) is 12.1 Å². The summed E-state index contributed by atoms with van der Waals surface area (Å²) in [4.78, 5) is 4.12. The molecule has 0 fully saturated rings. The van der Waals surface area contributed by atoms with Crippen molar-refractivity contribution in [2.45, 2.75) is 6.54 Å². The van der Waals surface area contributed by atoms with Crippen LogP contribution in [0.2, 0.25) is 5.02 Å². The summed E-state index contributed by atoms with van der Waals surface area (Å²) in [5.41, 5.74) is 1.25. The van der Waals surface area contributed by atoms with Crippen LogP contribution < -0.4 is 5.32 Å². The molecule has 3 aromatic rings. The topological polar surface area (TPSA) is 74.5 Å². The molecule has 2 heterocycles. The summed E-state index contributed by atoms with van der Waals surface area (Å²) in [5, 5.41) is 22.4. The molecule has 0 radical (unpaired) electrons. The minimum Gasteiger partial charge on any atom is -0.363 e. The Balaban J connectivity index is 1.70. The summed E-state index contributed by atoms with van der Waals surface area (Å²) in [6, 6.07) is 15.2. The summed E-state index contributed by atoms with van der Waals surface area (Å²) < 4.78 is 0. The van der Waals surface area contributed by atoms with Gasteiger partial charge in [-0.2, -0.15) is 5.26 Å². The first-order valence-electron chi connectivity index (χ1n) is 6.44. The van der Waals surface area contributed by atoms with Crippen LogP contribution in [0.4, 0.5) is 5.82 Å². The highest BCUT2D eigenvalue weighted by Gasteiger charge is 2.07. The second kappa shape index (κ2) is 6.52. The number of benzene rings is 1. The van der Waals surface area contributed by atoms with Gasteiger partial charge in [-0.05, 0) is 12.1 Å². The molecular weight excluding hydrogens is 318 g/mol. The van der Waals surface area contributed by atoms with Crippen molar-refractivity contribution in [1.82, 2.24) is 15.2 Å². The highest BCUT2D eigenvalue weighted by molar-refractivity contribution is 7.14. The number of halogens is 1. The number of anilines is 1.